The van der Waals surface area contributed by atoms with Gasteiger partial charge in [0.05, 0.1) is 11.9 Å². The first-order chi connectivity index (χ1) is 9.54. The number of hydrogen-bond donors (Lipinski definition) is 1. The van der Waals surface area contributed by atoms with E-state index in [1.807, 2.05) is 20.9 Å². The predicted octanol–water partition coefficient (Wildman–Crippen LogP) is 0.877. The second kappa shape index (κ2) is 4.67. The largest absolute Gasteiger partial charge is 0.299 e. The SMILES string of the molecule is Cc1nnc(NC(=O)Cn2ncc3c2c(C)nn3C)s1. The highest BCUT2D eigenvalue weighted by atomic mass is 32.1. The Labute approximate surface area is 118 Å². The van der Waals surface area contributed by atoms with Gasteiger partial charge in [-0.1, -0.05) is 11.3 Å². The van der Waals surface area contributed by atoms with Crippen molar-refractivity contribution in [2.45, 2.75) is 20.4 Å². The van der Waals surface area contributed by atoms with Gasteiger partial charge in [-0.2, -0.15) is 10.2 Å². The highest BCUT2D eigenvalue weighted by Crippen LogP contribution is 2.17. The molecule has 0 saturated carbocycles. The molecule has 1 amide bonds. The van der Waals surface area contributed by atoms with Gasteiger partial charge in [-0.3, -0.25) is 19.5 Å². The van der Waals surface area contributed by atoms with E-state index in [0.29, 0.717) is 5.13 Å². The van der Waals surface area contributed by atoms with Crippen molar-refractivity contribution in [1.82, 2.24) is 29.8 Å². The van der Waals surface area contributed by atoms with E-state index in [4.69, 9.17) is 0 Å². The van der Waals surface area contributed by atoms with E-state index >= 15 is 0 Å². The average molecular weight is 291 g/mol. The van der Waals surface area contributed by atoms with Crippen molar-refractivity contribution in [3.05, 3.63) is 16.9 Å². The third kappa shape index (κ3) is 2.16. The zero-order valence-corrected chi connectivity index (χ0v) is 12.1. The maximum Gasteiger partial charge on any atom is 0.247 e. The molecule has 8 nitrogen and oxygen atoms in total. The third-order valence-electron chi connectivity index (χ3n) is 2.88. The molecule has 0 aromatic carbocycles. The molecular weight excluding hydrogens is 278 g/mol. The van der Waals surface area contributed by atoms with Crippen LogP contribution in [0, 0.1) is 13.8 Å². The predicted molar refractivity (Wildman–Crippen MR) is 74.5 cm³/mol. The lowest BCUT2D eigenvalue weighted by atomic mass is 10.4. The van der Waals surface area contributed by atoms with Crippen molar-refractivity contribution in [2.24, 2.45) is 7.05 Å². The van der Waals surface area contributed by atoms with Crippen molar-refractivity contribution in [2.75, 3.05) is 5.32 Å². The zero-order chi connectivity index (χ0) is 14.3. The zero-order valence-electron chi connectivity index (χ0n) is 11.3. The van der Waals surface area contributed by atoms with Gasteiger partial charge < -0.3 is 0 Å². The van der Waals surface area contributed by atoms with Crippen LogP contribution in [0.3, 0.4) is 0 Å². The number of nitrogens with zero attached hydrogens (tertiary/aromatic N) is 6. The molecule has 3 rings (SSSR count). The summed E-state index contributed by atoms with van der Waals surface area (Å²) in [7, 11) is 1.85. The molecule has 1 N–H and O–H groups in total. The number of aromatic nitrogens is 6. The summed E-state index contributed by atoms with van der Waals surface area (Å²) in [6, 6.07) is 0. The number of anilines is 1. The van der Waals surface area contributed by atoms with Gasteiger partial charge in [-0.25, -0.2) is 0 Å². The van der Waals surface area contributed by atoms with E-state index in [0.717, 1.165) is 21.7 Å². The molecule has 0 bridgehead atoms. The molecule has 3 aromatic rings. The lowest BCUT2D eigenvalue weighted by molar-refractivity contribution is -0.116. The number of carbonyl (C=O) groups is 1. The van der Waals surface area contributed by atoms with Gasteiger partial charge in [0.2, 0.25) is 11.0 Å². The summed E-state index contributed by atoms with van der Waals surface area (Å²) >= 11 is 1.34. The quantitative estimate of drug-likeness (QED) is 0.773. The van der Waals surface area contributed by atoms with E-state index in [1.165, 1.54) is 11.3 Å². The van der Waals surface area contributed by atoms with Gasteiger partial charge in [0.25, 0.3) is 0 Å². The molecule has 3 aromatic heterocycles. The van der Waals surface area contributed by atoms with Crippen molar-refractivity contribution in [1.29, 1.82) is 0 Å². The molecule has 0 atom stereocenters. The number of rotatable bonds is 3. The second-order valence-corrected chi connectivity index (χ2v) is 5.60. The molecule has 104 valence electrons. The van der Waals surface area contributed by atoms with Crippen LogP contribution < -0.4 is 5.32 Å². The maximum atomic E-state index is 12.0. The standard InChI is InChI=1S/C11H13N7OS/c1-6-10-8(17(3)16-6)4-12-18(10)5-9(19)13-11-15-14-7(2)20-11/h4H,5H2,1-3H3,(H,13,15,19). The molecule has 0 fully saturated rings. The van der Waals surface area contributed by atoms with Crippen molar-refractivity contribution in [3.8, 4) is 0 Å². The normalized spacial score (nSPS) is 11.2. The number of nitrogens with one attached hydrogen (secondary N) is 1. The van der Waals surface area contributed by atoms with Gasteiger partial charge in [0.1, 0.15) is 22.6 Å². The number of aryl methyl sites for hydroxylation is 3. The molecule has 0 aliphatic heterocycles. The summed E-state index contributed by atoms with van der Waals surface area (Å²) in [5.41, 5.74) is 2.62. The molecule has 0 aliphatic rings. The Morgan fingerprint density at radius 1 is 1.40 bits per heavy atom. The number of fused-ring (bicyclic) bond motifs is 1. The van der Waals surface area contributed by atoms with Gasteiger partial charge in [0, 0.05) is 7.05 Å². The van der Waals surface area contributed by atoms with Crippen LogP contribution in [0.5, 0.6) is 0 Å². The first-order valence-electron chi connectivity index (χ1n) is 5.99. The minimum atomic E-state index is -0.186. The van der Waals surface area contributed by atoms with Crippen LogP contribution >= 0.6 is 11.3 Å². The summed E-state index contributed by atoms with van der Waals surface area (Å²) < 4.78 is 3.39. The summed E-state index contributed by atoms with van der Waals surface area (Å²) in [5, 5.41) is 20.3. The van der Waals surface area contributed by atoms with Crippen LogP contribution in [0.2, 0.25) is 0 Å². The van der Waals surface area contributed by atoms with Crippen molar-refractivity contribution in [3.63, 3.8) is 0 Å². The fourth-order valence-electron chi connectivity index (χ4n) is 2.07. The molecule has 0 radical (unpaired) electrons. The second-order valence-electron chi connectivity index (χ2n) is 4.42. The fourth-order valence-corrected chi connectivity index (χ4v) is 2.68. The topological polar surface area (TPSA) is 90.5 Å². The van der Waals surface area contributed by atoms with E-state index in [1.54, 1.807) is 15.6 Å². The van der Waals surface area contributed by atoms with Crippen LogP contribution in [0.25, 0.3) is 11.0 Å². The molecule has 0 spiro atoms. The Morgan fingerprint density at radius 3 is 2.90 bits per heavy atom. The summed E-state index contributed by atoms with van der Waals surface area (Å²) in [6.07, 6.45) is 1.71. The number of amides is 1. The Bertz CT molecular complexity index is 784. The lowest BCUT2D eigenvalue weighted by Crippen LogP contribution is -2.19. The minimum absolute atomic E-state index is 0.120. The van der Waals surface area contributed by atoms with Crippen LogP contribution in [0.15, 0.2) is 6.20 Å². The van der Waals surface area contributed by atoms with Gasteiger partial charge in [-0.05, 0) is 13.8 Å². The molecule has 0 saturated heterocycles. The van der Waals surface area contributed by atoms with Crippen LogP contribution in [-0.2, 0) is 18.4 Å². The van der Waals surface area contributed by atoms with Crippen LogP contribution in [-0.4, -0.2) is 35.7 Å². The lowest BCUT2D eigenvalue weighted by Gasteiger charge is -2.02. The monoisotopic (exact) mass is 291 g/mol. The first kappa shape index (κ1) is 12.7. The first-order valence-corrected chi connectivity index (χ1v) is 6.81. The smallest absolute Gasteiger partial charge is 0.247 e. The highest BCUT2D eigenvalue weighted by Gasteiger charge is 2.14. The van der Waals surface area contributed by atoms with Gasteiger partial charge in [-0.15, -0.1) is 10.2 Å². The Hall–Kier alpha value is -2.29. The maximum absolute atomic E-state index is 12.0. The molecule has 20 heavy (non-hydrogen) atoms. The molecule has 9 heteroatoms. The molecule has 0 aliphatic carbocycles. The Morgan fingerprint density at radius 2 is 2.20 bits per heavy atom. The number of hydrogen-bond acceptors (Lipinski definition) is 6. The third-order valence-corrected chi connectivity index (χ3v) is 3.63. The van der Waals surface area contributed by atoms with Crippen LogP contribution in [0.4, 0.5) is 5.13 Å². The van der Waals surface area contributed by atoms with Crippen LogP contribution in [0.1, 0.15) is 10.7 Å². The average Bonchev–Trinajstić information content (AvgIpc) is 3.02. The Balaban J connectivity index is 1.81. The van der Waals surface area contributed by atoms with Crippen molar-refractivity contribution >= 4 is 33.4 Å². The van der Waals surface area contributed by atoms with Gasteiger partial charge >= 0.3 is 0 Å². The molecule has 3 heterocycles. The van der Waals surface area contributed by atoms with E-state index in [2.05, 4.69) is 25.7 Å². The molecular formula is C11H13N7OS. The Kier molecular flexibility index (Phi) is 2.97. The number of carbonyl (C=O) groups excluding carboxylic acids is 1. The summed E-state index contributed by atoms with van der Waals surface area (Å²) in [5.74, 6) is -0.186. The van der Waals surface area contributed by atoms with Gasteiger partial charge in [0.15, 0.2) is 0 Å². The minimum Gasteiger partial charge on any atom is -0.299 e. The summed E-state index contributed by atoms with van der Waals surface area (Å²) in [6.45, 7) is 3.85. The van der Waals surface area contributed by atoms with E-state index < -0.39 is 0 Å². The van der Waals surface area contributed by atoms with E-state index in [9.17, 15) is 4.79 Å². The van der Waals surface area contributed by atoms with E-state index in [-0.39, 0.29) is 12.5 Å². The fraction of sp³-hybridized carbons (Fsp3) is 0.364. The van der Waals surface area contributed by atoms with Crippen molar-refractivity contribution < 1.29 is 4.79 Å². The summed E-state index contributed by atoms with van der Waals surface area (Å²) in [4.78, 5) is 12.0. The molecule has 0 unspecified atom stereocenters. The highest BCUT2D eigenvalue weighted by molar-refractivity contribution is 7.15.